The van der Waals surface area contributed by atoms with E-state index < -0.39 is 0 Å². The van der Waals surface area contributed by atoms with Crippen LogP contribution in [0.2, 0.25) is 0 Å². The Balaban J connectivity index is 2.13. The number of carbonyl (C=O) groups is 1. The van der Waals surface area contributed by atoms with E-state index in [4.69, 9.17) is 0 Å². The van der Waals surface area contributed by atoms with Crippen molar-refractivity contribution in [3.8, 4) is 0 Å². The van der Waals surface area contributed by atoms with E-state index in [1.54, 1.807) is 0 Å². The second kappa shape index (κ2) is 5.50. The highest BCUT2D eigenvalue weighted by Crippen LogP contribution is 2.23. The monoisotopic (exact) mass is 314 g/mol. The number of hydrogen-bond donors (Lipinski definition) is 0. The third-order valence-corrected chi connectivity index (χ3v) is 4.87. The van der Waals surface area contributed by atoms with Crippen LogP contribution in [0.25, 0.3) is 10.2 Å². The molecule has 2 aromatic carbocycles. The molecule has 0 aliphatic rings. The van der Waals surface area contributed by atoms with Crippen LogP contribution in [0.1, 0.15) is 21.5 Å². The van der Waals surface area contributed by atoms with Crippen LogP contribution in [-0.2, 0) is 7.05 Å². The summed E-state index contributed by atoms with van der Waals surface area (Å²) in [6.45, 7) is 4.13. The van der Waals surface area contributed by atoms with Gasteiger partial charge in [0.2, 0.25) is 0 Å². The summed E-state index contributed by atoms with van der Waals surface area (Å²) in [6, 6.07) is 9.54. The van der Waals surface area contributed by atoms with Crippen LogP contribution >= 0.6 is 11.3 Å². The quantitative estimate of drug-likeness (QED) is 0.674. The van der Waals surface area contributed by atoms with E-state index in [0.717, 1.165) is 10.2 Å². The van der Waals surface area contributed by atoms with Crippen molar-refractivity contribution in [2.75, 3.05) is 0 Å². The number of halogens is 1. The van der Waals surface area contributed by atoms with E-state index in [0.29, 0.717) is 10.4 Å². The predicted molar refractivity (Wildman–Crippen MR) is 86.6 cm³/mol. The lowest BCUT2D eigenvalue weighted by molar-refractivity contribution is 0.0998. The molecule has 0 spiro atoms. The van der Waals surface area contributed by atoms with Crippen LogP contribution in [0.5, 0.6) is 0 Å². The second-order valence-corrected chi connectivity index (χ2v) is 6.23. The molecule has 0 aliphatic carbocycles. The number of aryl methyl sites for hydroxylation is 3. The summed E-state index contributed by atoms with van der Waals surface area (Å²) in [5.41, 5.74) is 3.87. The van der Waals surface area contributed by atoms with Crippen molar-refractivity contribution in [2.24, 2.45) is 12.0 Å². The van der Waals surface area contributed by atoms with Crippen molar-refractivity contribution in [1.82, 2.24) is 4.57 Å². The van der Waals surface area contributed by atoms with Gasteiger partial charge in [0, 0.05) is 12.6 Å². The molecular formula is C17H15FN2OS. The number of aromatic nitrogens is 1. The van der Waals surface area contributed by atoms with Crippen molar-refractivity contribution in [1.29, 1.82) is 0 Å². The minimum Gasteiger partial charge on any atom is -0.319 e. The Morgan fingerprint density at radius 2 is 1.82 bits per heavy atom. The van der Waals surface area contributed by atoms with Crippen LogP contribution in [-0.4, -0.2) is 10.5 Å². The third-order valence-electron chi connectivity index (χ3n) is 3.78. The maximum absolute atomic E-state index is 12.9. The zero-order chi connectivity index (χ0) is 15.9. The average molecular weight is 314 g/mol. The molecule has 0 saturated carbocycles. The van der Waals surface area contributed by atoms with Gasteiger partial charge in [0.05, 0.1) is 10.2 Å². The minimum absolute atomic E-state index is 0.364. The molecule has 1 amide bonds. The first-order valence-corrected chi connectivity index (χ1v) is 7.69. The molecule has 0 aliphatic heterocycles. The Hall–Kier alpha value is -2.27. The largest absolute Gasteiger partial charge is 0.319 e. The van der Waals surface area contributed by atoms with Gasteiger partial charge in [-0.25, -0.2) is 4.39 Å². The topological polar surface area (TPSA) is 34.4 Å². The standard InChI is InChI=1S/C17H15FN2OS/c1-10-4-9-14-15(11(10)2)20(3)17(22-14)19-16(21)12-5-7-13(18)8-6-12/h4-9H,1-3H3. The first-order chi connectivity index (χ1) is 10.5. The molecule has 0 radical (unpaired) electrons. The summed E-state index contributed by atoms with van der Waals surface area (Å²) in [6.07, 6.45) is 0. The van der Waals surface area contributed by atoms with E-state index in [1.807, 2.05) is 17.7 Å². The molecule has 0 saturated heterocycles. The number of benzene rings is 2. The van der Waals surface area contributed by atoms with Crippen LogP contribution in [0.3, 0.4) is 0 Å². The van der Waals surface area contributed by atoms with Crippen molar-refractivity contribution in [3.63, 3.8) is 0 Å². The number of amides is 1. The Kier molecular flexibility index (Phi) is 3.66. The van der Waals surface area contributed by atoms with Gasteiger partial charge in [0.1, 0.15) is 5.82 Å². The number of thiazole rings is 1. The first kappa shape index (κ1) is 14.7. The first-order valence-electron chi connectivity index (χ1n) is 6.88. The zero-order valence-electron chi connectivity index (χ0n) is 12.6. The predicted octanol–water partition coefficient (Wildman–Crippen LogP) is 3.74. The zero-order valence-corrected chi connectivity index (χ0v) is 13.4. The molecule has 3 aromatic rings. The van der Waals surface area contributed by atoms with Crippen LogP contribution in [0.4, 0.5) is 4.39 Å². The number of carbonyl (C=O) groups excluding carboxylic acids is 1. The number of nitrogens with zero attached hydrogens (tertiary/aromatic N) is 2. The Morgan fingerprint density at radius 3 is 2.50 bits per heavy atom. The van der Waals surface area contributed by atoms with Crippen molar-refractivity contribution < 1.29 is 9.18 Å². The van der Waals surface area contributed by atoms with Crippen LogP contribution in [0.15, 0.2) is 41.4 Å². The van der Waals surface area contributed by atoms with E-state index in [-0.39, 0.29) is 11.7 Å². The molecule has 0 atom stereocenters. The molecule has 3 nitrogen and oxygen atoms in total. The highest BCUT2D eigenvalue weighted by atomic mass is 32.1. The second-order valence-electron chi connectivity index (χ2n) is 5.22. The smallest absolute Gasteiger partial charge is 0.279 e. The summed E-state index contributed by atoms with van der Waals surface area (Å²) in [7, 11) is 1.90. The highest BCUT2D eigenvalue weighted by Gasteiger charge is 2.10. The molecule has 22 heavy (non-hydrogen) atoms. The fourth-order valence-corrected chi connectivity index (χ4v) is 3.46. The highest BCUT2D eigenvalue weighted by molar-refractivity contribution is 7.16. The lowest BCUT2D eigenvalue weighted by atomic mass is 10.1. The van der Waals surface area contributed by atoms with Crippen LogP contribution in [0, 0.1) is 19.7 Å². The molecule has 112 valence electrons. The van der Waals surface area contributed by atoms with Crippen LogP contribution < -0.4 is 4.80 Å². The number of hydrogen-bond acceptors (Lipinski definition) is 2. The molecule has 3 rings (SSSR count). The van der Waals surface area contributed by atoms with E-state index in [9.17, 15) is 9.18 Å². The van der Waals surface area contributed by atoms with E-state index in [2.05, 4.69) is 24.9 Å². The fourth-order valence-electron chi connectivity index (χ4n) is 2.38. The summed E-state index contributed by atoms with van der Waals surface area (Å²) in [5.74, 6) is -0.730. The van der Waals surface area contributed by atoms with Crippen molar-refractivity contribution in [3.05, 3.63) is 63.7 Å². The summed E-state index contributed by atoms with van der Waals surface area (Å²) in [5, 5.41) is 0. The van der Waals surface area contributed by atoms with Gasteiger partial charge in [-0.1, -0.05) is 17.4 Å². The molecular weight excluding hydrogens is 299 g/mol. The molecule has 0 bridgehead atoms. The Labute approximate surface area is 131 Å². The van der Waals surface area contributed by atoms with Gasteiger partial charge in [-0.15, -0.1) is 0 Å². The van der Waals surface area contributed by atoms with Gasteiger partial charge < -0.3 is 4.57 Å². The third kappa shape index (κ3) is 2.48. The Bertz CT molecular complexity index is 936. The molecule has 1 aromatic heterocycles. The van der Waals surface area contributed by atoms with Gasteiger partial charge in [-0.3, -0.25) is 4.79 Å². The molecule has 1 heterocycles. The summed E-state index contributed by atoms with van der Waals surface area (Å²) < 4.78 is 15.9. The number of rotatable bonds is 1. The van der Waals surface area contributed by atoms with Crippen molar-refractivity contribution in [2.45, 2.75) is 13.8 Å². The van der Waals surface area contributed by atoms with Gasteiger partial charge in [0.15, 0.2) is 4.80 Å². The van der Waals surface area contributed by atoms with Gasteiger partial charge >= 0.3 is 0 Å². The molecule has 0 unspecified atom stereocenters. The van der Waals surface area contributed by atoms with Gasteiger partial charge in [0.25, 0.3) is 5.91 Å². The van der Waals surface area contributed by atoms with E-state index >= 15 is 0 Å². The molecule has 0 fully saturated rings. The maximum Gasteiger partial charge on any atom is 0.279 e. The minimum atomic E-state index is -0.366. The average Bonchev–Trinajstić information content (AvgIpc) is 2.81. The summed E-state index contributed by atoms with van der Waals surface area (Å²) in [4.78, 5) is 17.0. The fraction of sp³-hybridized carbons (Fsp3) is 0.176. The van der Waals surface area contributed by atoms with Crippen molar-refractivity contribution >= 4 is 27.5 Å². The lowest BCUT2D eigenvalue weighted by Crippen LogP contribution is -2.13. The van der Waals surface area contributed by atoms with Gasteiger partial charge in [-0.05, 0) is 55.3 Å². The van der Waals surface area contributed by atoms with E-state index in [1.165, 1.54) is 46.7 Å². The Morgan fingerprint density at radius 1 is 1.14 bits per heavy atom. The SMILES string of the molecule is Cc1ccc2sc(=NC(=O)c3ccc(F)cc3)n(C)c2c1C. The summed E-state index contributed by atoms with van der Waals surface area (Å²) >= 11 is 1.47. The lowest BCUT2D eigenvalue weighted by Gasteiger charge is -2.03. The van der Waals surface area contributed by atoms with Gasteiger partial charge in [-0.2, -0.15) is 4.99 Å². The normalized spacial score (nSPS) is 12.1. The molecule has 0 N–H and O–H groups in total. The number of fused-ring (bicyclic) bond motifs is 1. The maximum atomic E-state index is 12.9. The molecule has 5 heteroatoms.